The van der Waals surface area contributed by atoms with Gasteiger partial charge in [-0.15, -0.1) is 0 Å². The van der Waals surface area contributed by atoms with Crippen molar-refractivity contribution in [3.8, 4) is 0 Å². The van der Waals surface area contributed by atoms with Crippen LogP contribution in [0.25, 0.3) is 6.08 Å². The van der Waals surface area contributed by atoms with E-state index in [2.05, 4.69) is 0 Å². The van der Waals surface area contributed by atoms with E-state index in [9.17, 15) is 22.8 Å². The van der Waals surface area contributed by atoms with Gasteiger partial charge < -0.3 is 14.7 Å². The van der Waals surface area contributed by atoms with Gasteiger partial charge in [0, 0.05) is 19.2 Å². The summed E-state index contributed by atoms with van der Waals surface area (Å²) in [5.41, 5.74) is 2.03. The molecule has 130 valence electrons. The molecule has 0 saturated carbocycles. The number of ether oxygens (including phenoxy) is 1. The zero-order valence-corrected chi connectivity index (χ0v) is 12.8. The Bertz CT molecular complexity index is 670. The predicted octanol–water partition coefficient (Wildman–Crippen LogP) is 2.03. The minimum absolute atomic E-state index is 0.00315. The monoisotopic (exact) mass is 343 g/mol. The maximum atomic E-state index is 12.4. The molecular weight excluding hydrogens is 327 g/mol. The summed E-state index contributed by atoms with van der Waals surface area (Å²) >= 11 is 0. The van der Waals surface area contributed by atoms with Gasteiger partial charge in [-0.25, -0.2) is 4.79 Å². The summed E-state index contributed by atoms with van der Waals surface area (Å²) in [6.45, 7) is 1.92. The molecule has 0 bridgehead atoms. The van der Waals surface area contributed by atoms with Crippen LogP contribution in [0.4, 0.5) is 13.2 Å². The van der Waals surface area contributed by atoms with Crippen molar-refractivity contribution in [2.24, 2.45) is 0 Å². The van der Waals surface area contributed by atoms with E-state index in [-0.39, 0.29) is 19.7 Å². The lowest BCUT2D eigenvalue weighted by Gasteiger charge is -2.21. The standard InChI is InChI=1S/C16H16F3NO4/c1-2-24-13(21)6-4-10-3-5-11-8-20(9-12(11)7-10)15(23)14(22)16(17,18)19/h3-7,14,22H,2,8-9H2,1H3. The van der Waals surface area contributed by atoms with Gasteiger partial charge in [-0.05, 0) is 35.8 Å². The van der Waals surface area contributed by atoms with E-state index in [0.717, 1.165) is 4.90 Å². The van der Waals surface area contributed by atoms with Gasteiger partial charge in [-0.1, -0.05) is 12.1 Å². The number of esters is 1. The predicted molar refractivity (Wildman–Crippen MR) is 78.4 cm³/mol. The van der Waals surface area contributed by atoms with Crippen molar-refractivity contribution in [3.63, 3.8) is 0 Å². The highest BCUT2D eigenvalue weighted by molar-refractivity contribution is 5.87. The quantitative estimate of drug-likeness (QED) is 0.671. The SMILES string of the molecule is CCOC(=O)C=Cc1ccc2c(c1)CN(C(=O)C(O)C(F)(F)F)C2. The van der Waals surface area contributed by atoms with Crippen LogP contribution < -0.4 is 0 Å². The number of aliphatic hydroxyl groups excluding tert-OH is 1. The molecule has 2 rings (SSSR count). The van der Waals surface area contributed by atoms with Crippen LogP contribution in [-0.4, -0.2) is 40.8 Å². The highest BCUT2D eigenvalue weighted by Gasteiger charge is 2.46. The Morgan fingerprint density at radius 1 is 1.33 bits per heavy atom. The van der Waals surface area contributed by atoms with Gasteiger partial charge in [0.2, 0.25) is 6.10 Å². The summed E-state index contributed by atoms with van der Waals surface area (Å²) in [7, 11) is 0. The van der Waals surface area contributed by atoms with Crippen LogP contribution in [0.1, 0.15) is 23.6 Å². The number of benzene rings is 1. The number of rotatable bonds is 4. The second kappa shape index (κ2) is 7.04. The van der Waals surface area contributed by atoms with E-state index in [1.165, 1.54) is 12.2 Å². The van der Waals surface area contributed by atoms with E-state index in [1.54, 1.807) is 25.1 Å². The van der Waals surface area contributed by atoms with E-state index in [1.807, 2.05) is 0 Å². The van der Waals surface area contributed by atoms with E-state index in [0.29, 0.717) is 16.7 Å². The molecule has 1 unspecified atom stereocenters. The van der Waals surface area contributed by atoms with Gasteiger partial charge in [0.05, 0.1) is 6.61 Å². The maximum Gasteiger partial charge on any atom is 0.423 e. The average Bonchev–Trinajstić information content (AvgIpc) is 2.94. The molecule has 1 amide bonds. The second-order valence-electron chi connectivity index (χ2n) is 5.25. The molecule has 1 heterocycles. The first-order chi connectivity index (χ1) is 11.2. The Kier molecular flexibility index (Phi) is 5.28. The van der Waals surface area contributed by atoms with Crippen LogP contribution in [-0.2, 0) is 27.4 Å². The Morgan fingerprint density at radius 2 is 2.00 bits per heavy atom. The molecule has 0 radical (unpaired) electrons. The number of hydrogen-bond acceptors (Lipinski definition) is 4. The van der Waals surface area contributed by atoms with Crippen molar-refractivity contribution < 1.29 is 32.6 Å². The van der Waals surface area contributed by atoms with Crippen molar-refractivity contribution in [2.75, 3.05) is 6.61 Å². The summed E-state index contributed by atoms with van der Waals surface area (Å²) in [5.74, 6) is -1.87. The first-order valence-electron chi connectivity index (χ1n) is 7.22. The van der Waals surface area contributed by atoms with Crippen LogP contribution in [0.15, 0.2) is 24.3 Å². The lowest BCUT2D eigenvalue weighted by molar-refractivity contribution is -0.211. The number of amides is 1. The van der Waals surface area contributed by atoms with Crippen molar-refractivity contribution in [2.45, 2.75) is 32.3 Å². The van der Waals surface area contributed by atoms with Crippen molar-refractivity contribution in [1.82, 2.24) is 4.90 Å². The third-order valence-electron chi connectivity index (χ3n) is 3.51. The number of aliphatic hydroxyl groups is 1. The van der Waals surface area contributed by atoms with E-state index < -0.39 is 24.2 Å². The number of carbonyl (C=O) groups is 2. The summed E-state index contributed by atoms with van der Waals surface area (Å²) in [6, 6.07) is 5.04. The number of hydrogen-bond donors (Lipinski definition) is 1. The number of alkyl halides is 3. The molecule has 0 fully saturated rings. The van der Waals surface area contributed by atoms with Crippen LogP contribution in [0, 0.1) is 0 Å². The normalized spacial score (nSPS) is 15.5. The molecule has 1 aliphatic rings. The highest BCUT2D eigenvalue weighted by atomic mass is 19.4. The molecule has 24 heavy (non-hydrogen) atoms. The number of carbonyl (C=O) groups excluding carboxylic acids is 2. The summed E-state index contributed by atoms with van der Waals surface area (Å²) < 4.78 is 42.1. The van der Waals surface area contributed by atoms with Crippen molar-refractivity contribution in [1.29, 1.82) is 0 Å². The molecule has 1 N–H and O–H groups in total. The fourth-order valence-electron chi connectivity index (χ4n) is 2.34. The molecule has 0 aliphatic carbocycles. The Hall–Kier alpha value is -2.35. The Balaban J connectivity index is 2.08. The number of halogens is 3. The molecule has 0 spiro atoms. The average molecular weight is 343 g/mol. The molecule has 1 aromatic carbocycles. The third kappa shape index (κ3) is 4.14. The first-order valence-corrected chi connectivity index (χ1v) is 7.22. The van der Waals surface area contributed by atoms with Crippen LogP contribution >= 0.6 is 0 Å². The minimum Gasteiger partial charge on any atom is -0.463 e. The maximum absolute atomic E-state index is 12.4. The van der Waals surface area contributed by atoms with Gasteiger partial charge >= 0.3 is 12.1 Å². The number of fused-ring (bicyclic) bond motifs is 1. The van der Waals surface area contributed by atoms with Gasteiger partial charge in [0.15, 0.2) is 0 Å². The lowest BCUT2D eigenvalue weighted by atomic mass is 10.1. The molecule has 8 heteroatoms. The zero-order valence-electron chi connectivity index (χ0n) is 12.8. The van der Waals surface area contributed by atoms with Crippen LogP contribution in [0.2, 0.25) is 0 Å². The summed E-state index contributed by atoms with van der Waals surface area (Å²) in [5, 5.41) is 9.07. The molecule has 5 nitrogen and oxygen atoms in total. The van der Waals surface area contributed by atoms with Crippen molar-refractivity contribution in [3.05, 3.63) is 41.0 Å². The van der Waals surface area contributed by atoms with E-state index in [4.69, 9.17) is 9.84 Å². The van der Waals surface area contributed by atoms with Crippen molar-refractivity contribution >= 4 is 18.0 Å². The Morgan fingerprint density at radius 3 is 2.62 bits per heavy atom. The second-order valence-corrected chi connectivity index (χ2v) is 5.25. The first kappa shape index (κ1) is 18.0. The van der Waals surface area contributed by atoms with Gasteiger partial charge in [-0.3, -0.25) is 4.79 Å². The topological polar surface area (TPSA) is 66.8 Å². The smallest absolute Gasteiger partial charge is 0.423 e. The van der Waals surface area contributed by atoms with Gasteiger partial charge in [0.25, 0.3) is 5.91 Å². The van der Waals surface area contributed by atoms with Crippen LogP contribution in [0.3, 0.4) is 0 Å². The summed E-state index contributed by atoms with van der Waals surface area (Å²) in [6.07, 6.45) is -5.24. The van der Waals surface area contributed by atoms with Crippen LogP contribution in [0.5, 0.6) is 0 Å². The lowest BCUT2D eigenvalue weighted by Crippen LogP contribution is -2.44. The molecule has 0 saturated heterocycles. The molecule has 1 aliphatic heterocycles. The fraction of sp³-hybridized carbons (Fsp3) is 0.375. The highest BCUT2D eigenvalue weighted by Crippen LogP contribution is 2.28. The molecule has 1 atom stereocenters. The minimum atomic E-state index is -4.99. The zero-order chi connectivity index (χ0) is 17.9. The Labute approximate surface area is 136 Å². The molecular formula is C16H16F3NO4. The number of nitrogens with zero attached hydrogens (tertiary/aromatic N) is 1. The van der Waals surface area contributed by atoms with Gasteiger partial charge in [0.1, 0.15) is 0 Å². The fourth-order valence-corrected chi connectivity index (χ4v) is 2.34. The molecule has 0 aromatic heterocycles. The largest absolute Gasteiger partial charge is 0.463 e. The van der Waals surface area contributed by atoms with Gasteiger partial charge in [-0.2, -0.15) is 13.2 Å². The third-order valence-corrected chi connectivity index (χ3v) is 3.51. The summed E-state index contributed by atoms with van der Waals surface area (Å²) in [4.78, 5) is 23.9. The molecule has 1 aromatic rings. The van der Waals surface area contributed by atoms with E-state index >= 15 is 0 Å².